The standard InChI is InChI=1S/C16H12F3N3O3/c17-16(18,19)9-25-13-5-2-1-4-10(13)20-15(23)12-8-11(21-22-12)14-6-3-7-24-14/h1-8H,9H2,(H,20,23)(H,21,22). The van der Waals surface area contributed by atoms with Gasteiger partial charge in [-0.15, -0.1) is 0 Å². The molecular formula is C16H12F3N3O3. The zero-order valence-corrected chi connectivity index (χ0v) is 12.6. The molecule has 0 aliphatic rings. The maximum absolute atomic E-state index is 12.3. The molecule has 25 heavy (non-hydrogen) atoms. The summed E-state index contributed by atoms with van der Waals surface area (Å²) < 4.78 is 46.8. The Morgan fingerprint density at radius 2 is 2.04 bits per heavy atom. The van der Waals surface area contributed by atoms with Gasteiger partial charge in [0.05, 0.1) is 12.0 Å². The van der Waals surface area contributed by atoms with Crippen LogP contribution < -0.4 is 10.1 Å². The van der Waals surface area contributed by atoms with E-state index in [1.165, 1.54) is 30.5 Å². The van der Waals surface area contributed by atoms with Crippen LogP contribution in [-0.2, 0) is 0 Å². The van der Waals surface area contributed by atoms with Gasteiger partial charge in [-0.05, 0) is 24.3 Å². The molecule has 2 aromatic heterocycles. The minimum Gasteiger partial charge on any atom is -0.482 e. The quantitative estimate of drug-likeness (QED) is 0.731. The number of carbonyl (C=O) groups excluding carboxylic acids is 1. The summed E-state index contributed by atoms with van der Waals surface area (Å²) in [7, 11) is 0. The van der Waals surface area contributed by atoms with E-state index >= 15 is 0 Å². The van der Waals surface area contributed by atoms with Gasteiger partial charge >= 0.3 is 6.18 Å². The maximum Gasteiger partial charge on any atom is 0.422 e. The van der Waals surface area contributed by atoms with E-state index in [0.29, 0.717) is 11.5 Å². The van der Waals surface area contributed by atoms with E-state index in [2.05, 4.69) is 15.5 Å². The second-order valence-corrected chi connectivity index (χ2v) is 5.00. The van der Waals surface area contributed by atoms with Gasteiger partial charge in [-0.2, -0.15) is 18.3 Å². The summed E-state index contributed by atoms with van der Waals surface area (Å²) in [6.07, 6.45) is -3.00. The molecule has 0 saturated carbocycles. The Balaban J connectivity index is 1.73. The number of amides is 1. The number of nitrogens with zero attached hydrogens (tertiary/aromatic N) is 1. The van der Waals surface area contributed by atoms with Crippen molar-refractivity contribution in [2.45, 2.75) is 6.18 Å². The molecule has 0 saturated heterocycles. The topological polar surface area (TPSA) is 80.1 Å². The maximum atomic E-state index is 12.3. The molecule has 0 aliphatic heterocycles. The zero-order chi connectivity index (χ0) is 17.9. The van der Waals surface area contributed by atoms with Crippen LogP contribution in [0.1, 0.15) is 10.5 Å². The molecule has 0 aliphatic carbocycles. The molecule has 6 nitrogen and oxygen atoms in total. The highest BCUT2D eigenvalue weighted by atomic mass is 19.4. The Kier molecular flexibility index (Phi) is 4.46. The summed E-state index contributed by atoms with van der Waals surface area (Å²) >= 11 is 0. The highest BCUT2D eigenvalue weighted by Crippen LogP contribution is 2.27. The van der Waals surface area contributed by atoms with Crippen LogP contribution in [0.4, 0.5) is 18.9 Å². The van der Waals surface area contributed by atoms with Crippen LogP contribution in [0, 0.1) is 0 Å². The van der Waals surface area contributed by atoms with Gasteiger partial charge in [0.2, 0.25) is 0 Å². The second-order valence-electron chi connectivity index (χ2n) is 5.00. The fraction of sp³-hybridized carbons (Fsp3) is 0.125. The zero-order valence-electron chi connectivity index (χ0n) is 12.6. The van der Waals surface area contributed by atoms with Crippen LogP contribution in [-0.4, -0.2) is 28.9 Å². The van der Waals surface area contributed by atoms with Gasteiger partial charge in [0.15, 0.2) is 18.1 Å². The Morgan fingerprint density at radius 1 is 1.24 bits per heavy atom. The normalized spacial score (nSPS) is 11.3. The molecule has 3 rings (SSSR count). The summed E-state index contributed by atoms with van der Waals surface area (Å²) in [6, 6.07) is 10.7. The van der Waals surface area contributed by atoms with Crippen molar-refractivity contribution in [2.75, 3.05) is 11.9 Å². The number of alkyl halides is 3. The van der Waals surface area contributed by atoms with Gasteiger partial charge in [0, 0.05) is 6.07 Å². The highest BCUT2D eigenvalue weighted by molar-refractivity contribution is 6.04. The number of nitrogens with one attached hydrogen (secondary N) is 2. The van der Waals surface area contributed by atoms with Crippen LogP contribution >= 0.6 is 0 Å². The predicted molar refractivity (Wildman–Crippen MR) is 82.2 cm³/mol. The lowest BCUT2D eigenvalue weighted by atomic mass is 10.2. The van der Waals surface area contributed by atoms with Crippen LogP contribution in [0.15, 0.2) is 53.1 Å². The van der Waals surface area contributed by atoms with E-state index in [4.69, 9.17) is 9.15 Å². The van der Waals surface area contributed by atoms with E-state index in [9.17, 15) is 18.0 Å². The van der Waals surface area contributed by atoms with E-state index in [-0.39, 0.29) is 17.1 Å². The third-order valence-electron chi connectivity index (χ3n) is 3.12. The number of aromatic nitrogens is 2. The third-order valence-corrected chi connectivity index (χ3v) is 3.12. The lowest BCUT2D eigenvalue weighted by molar-refractivity contribution is -0.153. The summed E-state index contributed by atoms with van der Waals surface area (Å²) in [5.41, 5.74) is 0.660. The molecule has 130 valence electrons. The van der Waals surface area contributed by atoms with E-state index in [1.807, 2.05) is 0 Å². The van der Waals surface area contributed by atoms with Gasteiger partial charge in [-0.25, -0.2) is 0 Å². The number of halogens is 3. The number of hydrogen-bond acceptors (Lipinski definition) is 4. The third kappa shape index (κ3) is 4.19. The average molecular weight is 351 g/mol. The summed E-state index contributed by atoms with van der Waals surface area (Å²) in [4.78, 5) is 12.2. The smallest absolute Gasteiger partial charge is 0.422 e. The number of aromatic amines is 1. The Bertz CT molecular complexity index is 857. The number of ether oxygens (including phenoxy) is 1. The van der Waals surface area contributed by atoms with Crippen molar-refractivity contribution in [3.63, 3.8) is 0 Å². The molecule has 0 fully saturated rings. The molecule has 2 N–H and O–H groups in total. The molecule has 3 aromatic rings. The molecular weight excluding hydrogens is 339 g/mol. The van der Waals surface area contributed by atoms with Crippen molar-refractivity contribution in [1.29, 1.82) is 0 Å². The number of para-hydroxylation sites is 2. The summed E-state index contributed by atoms with van der Waals surface area (Å²) in [5, 5.41) is 8.99. The monoisotopic (exact) mass is 351 g/mol. The second kappa shape index (κ2) is 6.71. The lowest BCUT2D eigenvalue weighted by Crippen LogP contribution is -2.20. The van der Waals surface area contributed by atoms with Crippen molar-refractivity contribution in [3.8, 4) is 17.2 Å². The molecule has 2 heterocycles. The fourth-order valence-corrected chi connectivity index (χ4v) is 2.04. The Labute approximate surface area is 139 Å². The number of furan rings is 1. The molecule has 1 aromatic carbocycles. The molecule has 0 spiro atoms. The molecule has 0 bridgehead atoms. The van der Waals surface area contributed by atoms with Crippen LogP contribution in [0.5, 0.6) is 5.75 Å². The van der Waals surface area contributed by atoms with Crippen molar-refractivity contribution in [1.82, 2.24) is 10.2 Å². The number of anilines is 1. The molecule has 9 heteroatoms. The fourth-order valence-electron chi connectivity index (χ4n) is 2.04. The lowest BCUT2D eigenvalue weighted by Gasteiger charge is -2.13. The number of carbonyl (C=O) groups is 1. The summed E-state index contributed by atoms with van der Waals surface area (Å²) in [5.74, 6) is -0.187. The first-order chi connectivity index (χ1) is 11.9. The van der Waals surface area contributed by atoms with Gasteiger partial charge in [0.25, 0.3) is 5.91 Å². The number of rotatable bonds is 5. The molecule has 0 unspecified atom stereocenters. The van der Waals surface area contributed by atoms with Crippen molar-refractivity contribution >= 4 is 11.6 Å². The van der Waals surface area contributed by atoms with Gasteiger partial charge < -0.3 is 14.5 Å². The van der Waals surface area contributed by atoms with Gasteiger partial charge in [-0.1, -0.05) is 12.1 Å². The van der Waals surface area contributed by atoms with Crippen LogP contribution in [0.25, 0.3) is 11.5 Å². The predicted octanol–water partition coefficient (Wildman–Crippen LogP) is 3.86. The van der Waals surface area contributed by atoms with Crippen molar-refractivity contribution in [3.05, 3.63) is 54.4 Å². The first-order valence-corrected chi connectivity index (χ1v) is 7.11. The van der Waals surface area contributed by atoms with E-state index in [1.54, 1.807) is 18.2 Å². The number of benzene rings is 1. The van der Waals surface area contributed by atoms with Gasteiger partial charge in [-0.3, -0.25) is 9.89 Å². The molecule has 0 atom stereocenters. The highest BCUT2D eigenvalue weighted by Gasteiger charge is 2.29. The SMILES string of the molecule is O=C(Nc1ccccc1OCC(F)(F)F)c1cc(-c2ccco2)[nH]n1. The van der Waals surface area contributed by atoms with Gasteiger partial charge in [0.1, 0.15) is 11.4 Å². The largest absolute Gasteiger partial charge is 0.482 e. The van der Waals surface area contributed by atoms with Crippen LogP contribution in [0.2, 0.25) is 0 Å². The minimum absolute atomic E-state index is 0.0528. The van der Waals surface area contributed by atoms with E-state index in [0.717, 1.165) is 0 Å². The Morgan fingerprint density at radius 3 is 2.76 bits per heavy atom. The van der Waals surface area contributed by atoms with Crippen molar-refractivity contribution in [2.24, 2.45) is 0 Å². The number of H-pyrrole nitrogens is 1. The Hall–Kier alpha value is -3.23. The average Bonchev–Trinajstić information content (AvgIpc) is 3.24. The summed E-state index contributed by atoms with van der Waals surface area (Å²) in [6.45, 7) is -1.45. The molecule has 0 radical (unpaired) electrons. The minimum atomic E-state index is -4.47. The molecule has 1 amide bonds. The first-order valence-electron chi connectivity index (χ1n) is 7.11. The van der Waals surface area contributed by atoms with Crippen molar-refractivity contribution < 1.29 is 27.1 Å². The number of hydrogen-bond donors (Lipinski definition) is 2. The van der Waals surface area contributed by atoms with E-state index < -0.39 is 18.7 Å². The first kappa shape index (κ1) is 16.6. The van der Waals surface area contributed by atoms with Crippen LogP contribution in [0.3, 0.4) is 0 Å².